The van der Waals surface area contributed by atoms with Crippen molar-refractivity contribution in [1.82, 2.24) is 9.88 Å². The lowest BCUT2D eigenvalue weighted by atomic mass is 10.3. The molecule has 1 heterocycles. The lowest BCUT2D eigenvalue weighted by Gasteiger charge is -2.16. The number of anilines is 1. The molecule has 1 aromatic heterocycles. The highest BCUT2D eigenvalue weighted by Gasteiger charge is 2.28. The van der Waals surface area contributed by atoms with Gasteiger partial charge in [0.15, 0.2) is 0 Å². The number of nitrogen functional groups attached to an aromatic ring is 1. The van der Waals surface area contributed by atoms with Gasteiger partial charge in [-0.3, -0.25) is 4.79 Å². The third-order valence-electron chi connectivity index (χ3n) is 2.97. The molecule has 1 aliphatic carbocycles. The van der Waals surface area contributed by atoms with Gasteiger partial charge in [0, 0.05) is 19.3 Å². The van der Waals surface area contributed by atoms with Crippen molar-refractivity contribution in [2.45, 2.75) is 24.9 Å². The van der Waals surface area contributed by atoms with E-state index in [0.717, 1.165) is 12.8 Å². The SMILES string of the molecule is COCC(CO)NC(=O)c1cc(N)cn1C1CC1. The second kappa shape index (κ2) is 5.41. The smallest absolute Gasteiger partial charge is 0.268 e. The zero-order valence-corrected chi connectivity index (χ0v) is 10.4. The molecule has 1 fully saturated rings. The van der Waals surface area contributed by atoms with Gasteiger partial charge in [-0.1, -0.05) is 0 Å². The van der Waals surface area contributed by atoms with Crippen molar-refractivity contribution in [2.75, 3.05) is 26.1 Å². The molecule has 0 aliphatic heterocycles. The summed E-state index contributed by atoms with van der Waals surface area (Å²) >= 11 is 0. The summed E-state index contributed by atoms with van der Waals surface area (Å²) in [5.41, 5.74) is 6.86. The highest BCUT2D eigenvalue weighted by Crippen LogP contribution is 2.37. The van der Waals surface area contributed by atoms with Crippen molar-refractivity contribution >= 4 is 11.6 Å². The predicted octanol–water partition coefficient (Wildman–Crippen LogP) is 0.142. The Kier molecular flexibility index (Phi) is 3.88. The Balaban J connectivity index is 2.08. The topological polar surface area (TPSA) is 89.5 Å². The van der Waals surface area contributed by atoms with E-state index in [-0.39, 0.29) is 19.1 Å². The van der Waals surface area contributed by atoms with Crippen molar-refractivity contribution in [2.24, 2.45) is 0 Å². The molecule has 0 aromatic carbocycles. The van der Waals surface area contributed by atoms with E-state index >= 15 is 0 Å². The highest BCUT2D eigenvalue weighted by atomic mass is 16.5. The van der Waals surface area contributed by atoms with E-state index in [1.54, 1.807) is 12.3 Å². The van der Waals surface area contributed by atoms with E-state index in [9.17, 15) is 4.79 Å². The number of hydrogen-bond donors (Lipinski definition) is 3. The molecule has 0 radical (unpaired) electrons. The molecule has 2 rings (SSSR count). The molecule has 1 saturated carbocycles. The quantitative estimate of drug-likeness (QED) is 0.673. The van der Waals surface area contributed by atoms with Crippen molar-refractivity contribution in [3.63, 3.8) is 0 Å². The van der Waals surface area contributed by atoms with Crippen LogP contribution in [0.1, 0.15) is 29.4 Å². The van der Waals surface area contributed by atoms with Gasteiger partial charge in [-0.25, -0.2) is 0 Å². The maximum absolute atomic E-state index is 12.1. The maximum Gasteiger partial charge on any atom is 0.268 e. The summed E-state index contributed by atoms with van der Waals surface area (Å²) in [6.45, 7) is 0.126. The largest absolute Gasteiger partial charge is 0.397 e. The average Bonchev–Trinajstić information content (AvgIpc) is 3.11. The molecule has 18 heavy (non-hydrogen) atoms. The molecule has 1 aromatic rings. The molecule has 0 saturated heterocycles. The monoisotopic (exact) mass is 253 g/mol. The minimum Gasteiger partial charge on any atom is -0.397 e. The van der Waals surface area contributed by atoms with Crippen LogP contribution in [0, 0.1) is 0 Å². The Morgan fingerprint density at radius 2 is 2.44 bits per heavy atom. The first-order valence-corrected chi connectivity index (χ1v) is 6.03. The fourth-order valence-corrected chi connectivity index (χ4v) is 1.94. The maximum atomic E-state index is 12.1. The van der Waals surface area contributed by atoms with Gasteiger partial charge in [0.25, 0.3) is 5.91 Å². The number of methoxy groups -OCH3 is 1. The zero-order chi connectivity index (χ0) is 13.1. The Morgan fingerprint density at radius 3 is 3.00 bits per heavy atom. The second-order valence-corrected chi connectivity index (χ2v) is 4.61. The molecule has 1 aliphatic rings. The van der Waals surface area contributed by atoms with Crippen LogP contribution < -0.4 is 11.1 Å². The molecule has 0 bridgehead atoms. The number of carbonyl (C=O) groups is 1. The molecule has 1 amide bonds. The van der Waals surface area contributed by atoms with Crippen LogP contribution in [0.4, 0.5) is 5.69 Å². The molecule has 0 spiro atoms. The molecule has 6 heteroatoms. The Morgan fingerprint density at radius 1 is 1.72 bits per heavy atom. The summed E-state index contributed by atoms with van der Waals surface area (Å²) < 4.78 is 6.83. The normalized spacial score (nSPS) is 16.6. The van der Waals surface area contributed by atoms with Gasteiger partial charge in [0.2, 0.25) is 0 Å². The first-order chi connectivity index (χ1) is 8.65. The average molecular weight is 253 g/mol. The van der Waals surface area contributed by atoms with Crippen LogP contribution in [0.3, 0.4) is 0 Å². The number of aliphatic hydroxyl groups is 1. The van der Waals surface area contributed by atoms with Gasteiger partial charge < -0.3 is 25.5 Å². The van der Waals surface area contributed by atoms with Gasteiger partial charge in [0.1, 0.15) is 5.69 Å². The molecular formula is C12H19N3O3. The fourth-order valence-electron chi connectivity index (χ4n) is 1.94. The first-order valence-electron chi connectivity index (χ1n) is 6.03. The van der Waals surface area contributed by atoms with E-state index in [1.807, 2.05) is 4.57 Å². The number of aliphatic hydroxyl groups excluding tert-OH is 1. The van der Waals surface area contributed by atoms with Gasteiger partial charge in [0.05, 0.1) is 24.9 Å². The van der Waals surface area contributed by atoms with Crippen LogP contribution >= 0.6 is 0 Å². The van der Waals surface area contributed by atoms with Crippen LogP contribution in [0.5, 0.6) is 0 Å². The number of nitrogens with one attached hydrogen (secondary N) is 1. The van der Waals surface area contributed by atoms with Crippen LogP contribution in [-0.2, 0) is 4.74 Å². The van der Waals surface area contributed by atoms with Crippen molar-refractivity contribution in [1.29, 1.82) is 0 Å². The standard InChI is InChI=1S/C12H19N3O3/c1-18-7-9(6-16)14-12(17)11-4-8(13)5-15(11)10-2-3-10/h4-5,9-10,16H,2-3,6-7,13H2,1H3,(H,14,17). The zero-order valence-electron chi connectivity index (χ0n) is 10.4. The fraction of sp³-hybridized carbons (Fsp3) is 0.583. The van der Waals surface area contributed by atoms with Gasteiger partial charge in [-0.15, -0.1) is 0 Å². The Hall–Kier alpha value is -1.53. The van der Waals surface area contributed by atoms with Crippen LogP contribution in [0.2, 0.25) is 0 Å². The number of hydrogen-bond acceptors (Lipinski definition) is 4. The number of nitrogens with zero attached hydrogens (tertiary/aromatic N) is 1. The van der Waals surface area contributed by atoms with Crippen LogP contribution in [-0.4, -0.2) is 41.9 Å². The summed E-state index contributed by atoms with van der Waals surface area (Å²) in [5, 5.41) is 11.9. The first kappa shape index (κ1) is 12.9. The van der Waals surface area contributed by atoms with E-state index in [1.165, 1.54) is 7.11 Å². The van der Waals surface area contributed by atoms with Gasteiger partial charge >= 0.3 is 0 Å². The number of nitrogens with two attached hydrogens (primary N) is 1. The number of amides is 1. The van der Waals surface area contributed by atoms with E-state index in [2.05, 4.69) is 5.32 Å². The second-order valence-electron chi connectivity index (χ2n) is 4.61. The number of rotatable bonds is 6. The molecule has 1 atom stereocenters. The Labute approximate surface area is 106 Å². The Bertz CT molecular complexity index is 426. The van der Waals surface area contributed by atoms with E-state index in [4.69, 9.17) is 15.6 Å². The van der Waals surface area contributed by atoms with Crippen molar-refractivity contribution < 1.29 is 14.6 Å². The van der Waals surface area contributed by atoms with E-state index < -0.39 is 6.04 Å². The number of carbonyl (C=O) groups excluding carboxylic acids is 1. The molecule has 4 N–H and O–H groups in total. The highest BCUT2D eigenvalue weighted by molar-refractivity contribution is 5.94. The van der Waals surface area contributed by atoms with Crippen molar-refractivity contribution in [3.05, 3.63) is 18.0 Å². The number of aromatic nitrogens is 1. The molecule has 1 unspecified atom stereocenters. The minimum atomic E-state index is -0.397. The lowest BCUT2D eigenvalue weighted by Crippen LogP contribution is -2.41. The predicted molar refractivity (Wildman–Crippen MR) is 67.3 cm³/mol. The lowest BCUT2D eigenvalue weighted by molar-refractivity contribution is 0.0831. The third-order valence-corrected chi connectivity index (χ3v) is 2.97. The summed E-state index contributed by atoms with van der Waals surface area (Å²) in [6, 6.07) is 1.65. The van der Waals surface area contributed by atoms with Crippen LogP contribution in [0.15, 0.2) is 12.3 Å². The van der Waals surface area contributed by atoms with Gasteiger partial charge in [-0.05, 0) is 18.9 Å². The summed E-state index contributed by atoms with van der Waals surface area (Å²) in [4.78, 5) is 12.1. The molecular weight excluding hydrogens is 234 g/mol. The van der Waals surface area contributed by atoms with Crippen molar-refractivity contribution in [3.8, 4) is 0 Å². The van der Waals surface area contributed by atoms with Crippen LogP contribution in [0.25, 0.3) is 0 Å². The number of ether oxygens (including phenoxy) is 1. The molecule has 6 nitrogen and oxygen atoms in total. The third kappa shape index (κ3) is 2.83. The summed E-state index contributed by atoms with van der Waals surface area (Å²) in [7, 11) is 1.53. The minimum absolute atomic E-state index is 0.154. The van der Waals surface area contributed by atoms with E-state index in [0.29, 0.717) is 17.4 Å². The summed E-state index contributed by atoms with van der Waals surface area (Å²) in [6.07, 6.45) is 3.95. The summed E-state index contributed by atoms with van der Waals surface area (Å²) in [5.74, 6) is -0.227. The van der Waals surface area contributed by atoms with Gasteiger partial charge in [-0.2, -0.15) is 0 Å². The molecule has 100 valence electrons.